The molecule has 10 heteroatoms. The normalized spacial score (nSPS) is 10.7. The number of hydrazone groups is 1. The Morgan fingerprint density at radius 2 is 1.88 bits per heavy atom. The molecule has 0 bridgehead atoms. The van der Waals surface area contributed by atoms with Crippen LogP contribution in [0.4, 0.5) is 10.1 Å². The first-order chi connectivity index (χ1) is 15.9. The molecule has 2 N–H and O–H groups in total. The van der Waals surface area contributed by atoms with Gasteiger partial charge in [-0.2, -0.15) is 5.10 Å². The van der Waals surface area contributed by atoms with Crippen LogP contribution < -0.4 is 20.2 Å². The van der Waals surface area contributed by atoms with E-state index in [1.807, 2.05) is 0 Å². The van der Waals surface area contributed by atoms with Crippen LogP contribution in [0.25, 0.3) is 0 Å². The molecule has 7 nitrogen and oxygen atoms in total. The average molecular weight is 535 g/mol. The quantitative estimate of drug-likeness (QED) is 0.256. The molecule has 0 radical (unpaired) electrons. The number of methoxy groups -OCH3 is 1. The number of amides is 2. The fourth-order valence-corrected chi connectivity index (χ4v) is 3.41. The molecule has 3 aromatic rings. The standard InChI is InChI=1S/C23H18BrClFN3O4/c1-32-21-8-3-2-7-19(21)28-22(30)23(31)29-27-12-14-9-10-20(16(24)11-14)33-13-15-17(25)5-4-6-18(15)26/h2-12H,13H2,1H3,(H,28,30)(H,29,31)/b27-12-. The van der Waals surface area contributed by atoms with E-state index in [1.165, 1.54) is 25.5 Å². The number of carbonyl (C=O) groups excluding carboxylic acids is 2. The smallest absolute Gasteiger partial charge is 0.329 e. The van der Waals surface area contributed by atoms with E-state index in [4.69, 9.17) is 21.1 Å². The molecule has 0 aliphatic heterocycles. The van der Waals surface area contributed by atoms with Crippen molar-refractivity contribution in [2.75, 3.05) is 12.4 Å². The van der Waals surface area contributed by atoms with Crippen LogP contribution in [0.2, 0.25) is 5.02 Å². The maximum atomic E-state index is 13.9. The number of hydrogen-bond donors (Lipinski definition) is 2. The third kappa shape index (κ3) is 6.53. The molecule has 3 rings (SSSR count). The predicted octanol–water partition coefficient (Wildman–Crippen LogP) is 4.92. The van der Waals surface area contributed by atoms with Crippen molar-refractivity contribution in [3.8, 4) is 11.5 Å². The molecular formula is C23H18BrClFN3O4. The summed E-state index contributed by atoms with van der Waals surface area (Å²) in [6.07, 6.45) is 1.36. The molecule has 0 aromatic heterocycles. The lowest BCUT2D eigenvalue weighted by Gasteiger charge is -2.10. The number of nitrogens with one attached hydrogen (secondary N) is 2. The molecule has 0 aliphatic carbocycles. The summed E-state index contributed by atoms with van der Waals surface area (Å²) < 4.78 is 25.2. The van der Waals surface area contributed by atoms with Crippen molar-refractivity contribution in [2.45, 2.75) is 6.61 Å². The summed E-state index contributed by atoms with van der Waals surface area (Å²) >= 11 is 9.38. The van der Waals surface area contributed by atoms with Crippen LogP contribution in [-0.2, 0) is 16.2 Å². The number of rotatable bonds is 7. The first-order valence-corrected chi connectivity index (χ1v) is 10.7. The van der Waals surface area contributed by atoms with Gasteiger partial charge < -0.3 is 14.8 Å². The van der Waals surface area contributed by atoms with Crippen molar-refractivity contribution in [1.82, 2.24) is 5.43 Å². The van der Waals surface area contributed by atoms with E-state index in [0.29, 0.717) is 27.2 Å². The highest BCUT2D eigenvalue weighted by Crippen LogP contribution is 2.28. The van der Waals surface area contributed by atoms with Gasteiger partial charge in [0.15, 0.2) is 0 Å². The molecule has 3 aromatic carbocycles. The summed E-state index contributed by atoms with van der Waals surface area (Å²) in [7, 11) is 1.46. The third-order valence-corrected chi connectivity index (χ3v) is 5.30. The Morgan fingerprint density at radius 3 is 2.61 bits per heavy atom. The Kier molecular flexibility index (Phi) is 8.39. The third-order valence-electron chi connectivity index (χ3n) is 4.33. The molecule has 0 unspecified atom stereocenters. The number of anilines is 1. The van der Waals surface area contributed by atoms with Gasteiger partial charge >= 0.3 is 11.8 Å². The topological polar surface area (TPSA) is 89.0 Å². The van der Waals surface area contributed by atoms with Crippen LogP contribution in [0.1, 0.15) is 11.1 Å². The Morgan fingerprint density at radius 1 is 1.09 bits per heavy atom. The van der Waals surface area contributed by atoms with E-state index in [2.05, 4.69) is 31.8 Å². The molecule has 0 saturated carbocycles. The van der Waals surface area contributed by atoms with Crippen LogP contribution >= 0.6 is 27.5 Å². The second-order valence-corrected chi connectivity index (χ2v) is 7.79. The number of benzene rings is 3. The number of carbonyl (C=O) groups is 2. The van der Waals surface area contributed by atoms with Gasteiger partial charge in [0.25, 0.3) is 0 Å². The molecule has 33 heavy (non-hydrogen) atoms. The number of para-hydroxylation sites is 2. The highest BCUT2D eigenvalue weighted by Gasteiger charge is 2.15. The Hall–Kier alpha value is -3.43. The maximum Gasteiger partial charge on any atom is 0.329 e. The van der Waals surface area contributed by atoms with Gasteiger partial charge in [-0.05, 0) is 64.0 Å². The first-order valence-electron chi connectivity index (χ1n) is 9.51. The van der Waals surface area contributed by atoms with Crippen molar-refractivity contribution in [1.29, 1.82) is 0 Å². The summed E-state index contributed by atoms with van der Waals surface area (Å²) in [5.41, 5.74) is 3.39. The zero-order valence-corrected chi connectivity index (χ0v) is 19.6. The van der Waals surface area contributed by atoms with Gasteiger partial charge in [0.2, 0.25) is 0 Å². The summed E-state index contributed by atoms with van der Waals surface area (Å²) in [4.78, 5) is 24.0. The minimum Gasteiger partial charge on any atom is -0.495 e. The monoisotopic (exact) mass is 533 g/mol. The van der Waals surface area contributed by atoms with E-state index < -0.39 is 17.6 Å². The second-order valence-electron chi connectivity index (χ2n) is 6.53. The lowest BCUT2D eigenvalue weighted by atomic mass is 10.2. The fourth-order valence-electron chi connectivity index (χ4n) is 2.68. The van der Waals surface area contributed by atoms with E-state index in [0.717, 1.165) is 0 Å². The summed E-state index contributed by atoms with van der Waals surface area (Å²) in [6, 6.07) is 16.1. The van der Waals surface area contributed by atoms with Crippen LogP contribution in [-0.4, -0.2) is 25.1 Å². The molecule has 0 aliphatic rings. The van der Waals surface area contributed by atoms with Gasteiger partial charge in [-0.25, -0.2) is 9.82 Å². The molecule has 170 valence electrons. The second kappa shape index (κ2) is 11.4. The van der Waals surface area contributed by atoms with Crippen LogP contribution in [0.15, 0.2) is 70.2 Å². The molecule has 0 spiro atoms. The zero-order chi connectivity index (χ0) is 23.8. The van der Waals surface area contributed by atoms with Gasteiger partial charge in [-0.3, -0.25) is 9.59 Å². The number of ether oxygens (including phenoxy) is 2. The Bertz CT molecular complexity index is 1190. The van der Waals surface area contributed by atoms with Crippen LogP contribution in [0, 0.1) is 5.82 Å². The summed E-state index contributed by atoms with van der Waals surface area (Å²) in [6.45, 7) is -0.0467. The molecule has 2 amide bonds. The van der Waals surface area contributed by atoms with E-state index >= 15 is 0 Å². The molecule has 0 heterocycles. The van der Waals surface area contributed by atoms with Crippen molar-refractivity contribution >= 4 is 51.2 Å². The fraction of sp³-hybridized carbons (Fsp3) is 0.0870. The zero-order valence-electron chi connectivity index (χ0n) is 17.3. The van der Waals surface area contributed by atoms with Gasteiger partial charge in [0, 0.05) is 5.56 Å². The number of halogens is 3. The molecule has 0 fully saturated rings. The largest absolute Gasteiger partial charge is 0.495 e. The molecule has 0 atom stereocenters. The lowest BCUT2D eigenvalue weighted by molar-refractivity contribution is -0.136. The molecular weight excluding hydrogens is 517 g/mol. The SMILES string of the molecule is COc1ccccc1NC(=O)C(=O)N/N=C\c1ccc(OCc2c(F)cccc2Cl)c(Br)c1. The van der Waals surface area contributed by atoms with E-state index in [9.17, 15) is 14.0 Å². The van der Waals surface area contributed by atoms with Crippen molar-refractivity contribution < 1.29 is 23.5 Å². The van der Waals surface area contributed by atoms with E-state index in [-0.39, 0.29) is 17.2 Å². The van der Waals surface area contributed by atoms with Crippen molar-refractivity contribution in [3.05, 3.63) is 87.1 Å². The number of hydrogen-bond acceptors (Lipinski definition) is 5. The molecule has 0 saturated heterocycles. The predicted molar refractivity (Wildman–Crippen MR) is 127 cm³/mol. The van der Waals surface area contributed by atoms with Gasteiger partial charge in [0.1, 0.15) is 23.9 Å². The first kappa shape index (κ1) is 24.2. The minimum absolute atomic E-state index is 0.0467. The highest BCUT2D eigenvalue weighted by atomic mass is 79.9. The average Bonchev–Trinajstić information content (AvgIpc) is 2.80. The number of nitrogens with zero attached hydrogens (tertiary/aromatic N) is 1. The van der Waals surface area contributed by atoms with Gasteiger partial charge in [-0.15, -0.1) is 0 Å². The minimum atomic E-state index is -0.946. The van der Waals surface area contributed by atoms with Gasteiger partial charge in [-0.1, -0.05) is 29.8 Å². The Labute approximate surface area is 202 Å². The van der Waals surface area contributed by atoms with Gasteiger partial charge in [0.05, 0.1) is 28.5 Å². The Balaban J connectivity index is 1.56. The van der Waals surface area contributed by atoms with Crippen LogP contribution in [0.5, 0.6) is 11.5 Å². The summed E-state index contributed by atoms with van der Waals surface area (Å²) in [5, 5.41) is 6.52. The highest BCUT2D eigenvalue weighted by molar-refractivity contribution is 9.10. The van der Waals surface area contributed by atoms with Crippen molar-refractivity contribution in [3.63, 3.8) is 0 Å². The summed E-state index contributed by atoms with van der Waals surface area (Å²) in [5.74, 6) is -1.41. The lowest BCUT2D eigenvalue weighted by Crippen LogP contribution is -2.32. The van der Waals surface area contributed by atoms with Crippen LogP contribution in [0.3, 0.4) is 0 Å². The van der Waals surface area contributed by atoms with E-state index in [1.54, 1.807) is 48.5 Å². The maximum absolute atomic E-state index is 13.9. The van der Waals surface area contributed by atoms with Crippen molar-refractivity contribution in [2.24, 2.45) is 5.10 Å².